The molecule has 4 aliphatic heterocycles. The molecule has 1 N–H and O–H groups in total. The lowest BCUT2D eigenvalue weighted by molar-refractivity contribution is 0.0264. The van der Waals surface area contributed by atoms with Crippen LogP contribution in [0.3, 0.4) is 0 Å². The molecule has 3 aromatic rings. The summed E-state index contributed by atoms with van der Waals surface area (Å²) >= 11 is 0. The minimum Gasteiger partial charge on any atom is -0.368 e. The van der Waals surface area contributed by atoms with Gasteiger partial charge in [-0.3, -0.25) is 14.5 Å². The number of carbonyl (C=O) groups is 2. The van der Waals surface area contributed by atoms with Gasteiger partial charge in [-0.25, -0.2) is 0 Å². The summed E-state index contributed by atoms with van der Waals surface area (Å²) in [5.41, 5.74) is 5.31. The Morgan fingerprint density at radius 3 is 2.51 bits per heavy atom. The number of likely N-dealkylation sites (N-methyl/N-ethyl adjacent to an activating group) is 1. The number of hydrogen-bond donors (Lipinski definition) is 1. The smallest absolute Gasteiger partial charge is 0.258 e. The van der Waals surface area contributed by atoms with Gasteiger partial charge in [0.2, 0.25) is 0 Å². The topological polar surface area (TPSA) is 55.9 Å². The molecule has 6 nitrogen and oxygen atoms in total. The van der Waals surface area contributed by atoms with Gasteiger partial charge in [0, 0.05) is 54.4 Å². The molecule has 8 rings (SSSR count). The zero-order valence-electron chi connectivity index (χ0n) is 20.5. The van der Waals surface area contributed by atoms with Crippen molar-refractivity contribution in [3.05, 3.63) is 70.8 Å². The molecule has 3 saturated heterocycles. The third-order valence-corrected chi connectivity index (χ3v) is 8.92. The lowest BCUT2D eigenvalue weighted by Crippen LogP contribution is -2.67. The first-order chi connectivity index (χ1) is 16.9. The molecule has 4 fully saturated rings. The van der Waals surface area contributed by atoms with Crippen molar-refractivity contribution >= 4 is 34.0 Å². The first-order valence-corrected chi connectivity index (χ1v) is 12.6. The Hall–Kier alpha value is -3.38. The number of piperazine rings is 1. The van der Waals surface area contributed by atoms with Crippen LogP contribution in [0.2, 0.25) is 0 Å². The fourth-order valence-corrected chi connectivity index (χ4v) is 6.48. The van der Waals surface area contributed by atoms with Crippen LogP contribution in [0, 0.1) is 6.92 Å². The summed E-state index contributed by atoms with van der Waals surface area (Å²) < 4.78 is 0. The average Bonchev–Trinajstić information content (AvgIpc) is 3.61. The predicted octanol–water partition coefficient (Wildman–Crippen LogP) is 4.05. The fraction of sp³-hybridized carbons (Fsp3) is 0.379. The molecular weight excluding hydrogens is 436 g/mol. The Labute approximate surface area is 205 Å². The highest BCUT2D eigenvalue weighted by Gasteiger charge is 2.48. The SMILES string of the molecule is Cc1ccc(N2CC3CC(C2)N3C)cc1C(=O)NC1(c2ccc3c4c(cccc24)C(=O)N3C)CC1. The summed E-state index contributed by atoms with van der Waals surface area (Å²) in [5, 5.41) is 5.48. The second-order valence-corrected chi connectivity index (χ2v) is 10.9. The molecule has 3 aromatic carbocycles. The van der Waals surface area contributed by atoms with E-state index < -0.39 is 0 Å². The number of nitrogens with zero attached hydrogens (tertiary/aromatic N) is 3. The van der Waals surface area contributed by atoms with Crippen molar-refractivity contribution in [1.29, 1.82) is 0 Å². The number of nitrogens with one attached hydrogen (secondary N) is 1. The maximum Gasteiger partial charge on any atom is 0.258 e. The van der Waals surface area contributed by atoms with E-state index in [1.807, 2.05) is 32.2 Å². The normalized spacial score (nSPS) is 24.0. The Morgan fingerprint density at radius 1 is 1.03 bits per heavy atom. The Morgan fingerprint density at radius 2 is 1.80 bits per heavy atom. The standard InChI is InChI=1S/C29H30N4O2/c1-17-7-8-18(33-15-19-13-20(16-33)31(19)2)14-23(17)27(34)30-29(11-12-29)24-9-10-25-26-21(24)5-4-6-22(26)28(35)32(25)3/h4-10,14,19-20H,11-13,15-16H2,1-3H3,(H,30,34). The van der Waals surface area contributed by atoms with Crippen molar-refractivity contribution in [2.24, 2.45) is 0 Å². The molecule has 2 bridgehead atoms. The Balaban J connectivity index is 1.20. The van der Waals surface area contributed by atoms with Crippen LogP contribution in [0.1, 0.15) is 51.1 Å². The first kappa shape index (κ1) is 20.9. The van der Waals surface area contributed by atoms with E-state index in [1.165, 1.54) is 6.42 Å². The highest BCUT2D eigenvalue weighted by molar-refractivity contribution is 6.25. The van der Waals surface area contributed by atoms with Crippen LogP contribution in [0.4, 0.5) is 11.4 Å². The molecule has 1 aliphatic carbocycles. The number of carbonyl (C=O) groups excluding carboxylic acids is 2. The summed E-state index contributed by atoms with van der Waals surface area (Å²) in [6.07, 6.45) is 3.09. The number of benzene rings is 3. The van der Waals surface area contributed by atoms with Gasteiger partial charge in [0.25, 0.3) is 11.8 Å². The van der Waals surface area contributed by atoms with Gasteiger partial charge in [0.15, 0.2) is 0 Å². The summed E-state index contributed by atoms with van der Waals surface area (Å²) in [6.45, 7) is 4.06. The van der Waals surface area contributed by atoms with Crippen LogP contribution in [0.5, 0.6) is 0 Å². The predicted molar refractivity (Wildman–Crippen MR) is 138 cm³/mol. The Kier molecular flexibility index (Phi) is 4.23. The second-order valence-electron chi connectivity index (χ2n) is 10.9. The molecule has 2 unspecified atom stereocenters. The highest BCUT2D eigenvalue weighted by atomic mass is 16.2. The highest BCUT2D eigenvalue weighted by Crippen LogP contribution is 2.50. The van der Waals surface area contributed by atoms with Crippen LogP contribution in [-0.4, -0.2) is 56.0 Å². The van der Waals surface area contributed by atoms with E-state index in [-0.39, 0.29) is 17.4 Å². The third-order valence-electron chi connectivity index (χ3n) is 8.92. The number of aryl methyl sites for hydroxylation is 1. The van der Waals surface area contributed by atoms with E-state index in [0.717, 1.165) is 70.3 Å². The van der Waals surface area contributed by atoms with Gasteiger partial charge >= 0.3 is 0 Å². The fourth-order valence-electron chi connectivity index (χ4n) is 6.48. The largest absolute Gasteiger partial charge is 0.368 e. The minimum atomic E-state index is -0.379. The molecule has 178 valence electrons. The van der Waals surface area contributed by atoms with Crippen LogP contribution < -0.4 is 15.1 Å². The molecule has 35 heavy (non-hydrogen) atoms. The monoisotopic (exact) mass is 466 g/mol. The van der Waals surface area contributed by atoms with Crippen molar-refractivity contribution in [3.8, 4) is 0 Å². The van der Waals surface area contributed by atoms with Gasteiger partial charge in [-0.1, -0.05) is 24.3 Å². The van der Waals surface area contributed by atoms with E-state index in [9.17, 15) is 9.59 Å². The van der Waals surface area contributed by atoms with Gasteiger partial charge < -0.3 is 15.1 Å². The molecule has 2 amide bonds. The summed E-state index contributed by atoms with van der Waals surface area (Å²) in [4.78, 5) is 33.0. The molecular formula is C29H30N4O2. The van der Waals surface area contributed by atoms with Crippen molar-refractivity contribution in [2.45, 2.75) is 43.8 Å². The van der Waals surface area contributed by atoms with E-state index >= 15 is 0 Å². The zero-order valence-corrected chi connectivity index (χ0v) is 20.5. The molecule has 0 aromatic heterocycles. The lowest BCUT2D eigenvalue weighted by Gasteiger charge is -2.55. The Bertz CT molecular complexity index is 1410. The molecule has 1 saturated carbocycles. The number of piperidine rings is 1. The number of amides is 2. The molecule has 5 aliphatic rings. The molecule has 6 heteroatoms. The van der Waals surface area contributed by atoms with E-state index in [1.54, 1.807) is 4.90 Å². The molecule has 4 heterocycles. The van der Waals surface area contributed by atoms with Crippen molar-refractivity contribution < 1.29 is 9.59 Å². The van der Waals surface area contributed by atoms with E-state index in [0.29, 0.717) is 12.1 Å². The first-order valence-electron chi connectivity index (χ1n) is 12.6. The van der Waals surface area contributed by atoms with Crippen LogP contribution >= 0.6 is 0 Å². The quantitative estimate of drug-likeness (QED) is 0.630. The van der Waals surface area contributed by atoms with Crippen LogP contribution in [0.15, 0.2) is 48.5 Å². The molecule has 0 radical (unpaired) electrons. The maximum atomic E-state index is 13.6. The lowest BCUT2D eigenvalue weighted by atomic mass is 9.88. The van der Waals surface area contributed by atoms with Crippen LogP contribution in [0.25, 0.3) is 10.8 Å². The van der Waals surface area contributed by atoms with Crippen molar-refractivity contribution in [1.82, 2.24) is 10.2 Å². The van der Waals surface area contributed by atoms with Crippen LogP contribution in [-0.2, 0) is 5.54 Å². The van der Waals surface area contributed by atoms with Gasteiger partial charge in [0.1, 0.15) is 0 Å². The number of hydrogen-bond acceptors (Lipinski definition) is 4. The van der Waals surface area contributed by atoms with E-state index in [4.69, 9.17) is 0 Å². The number of fused-ring (bicyclic) bond motifs is 2. The molecule has 0 spiro atoms. The second kappa shape index (κ2) is 7.08. The van der Waals surface area contributed by atoms with Crippen molar-refractivity contribution in [2.75, 3.05) is 37.0 Å². The van der Waals surface area contributed by atoms with Crippen molar-refractivity contribution in [3.63, 3.8) is 0 Å². The average molecular weight is 467 g/mol. The molecule has 2 atom stereocenters. The maximum absolute atomic E-state index is 13.6. The summed E-state index contributed by atoms with van der Waals surface area (Å²) in [7, 11) is 4.04. The summed E-state index contributed by atoms with van der Waals surface area (Å²) in [5.74, 6) is 0.0169. The minimum absolute atomic E-state index is 0.0161. The van der Waals surface area contributed by atoms with E-state index in [2.05, 4.69) is 52.5 Å². The summed E-state index contributed by atoms with van der Waals surface area (Å²) in [6, 6.07) is 17.6. The van der Waals surface area contributed by atoms with Gasteiger partial charge in [-0.05, 0) is 74.0 Å². The number of rotatable bonds is 4. The zero-order chi connectivity index (χ0) is 24.1. The van der Waals surface area contributed by atoms with Gasteiger partial charge in [-0.2, -0.15) is 0 Å². The van der Waals surface area contributed by atoms with Gasteiger partial charge in [0.05, 0.1) is 11.2 Å². The third kappa shape index (κ3) is 2.92. The number of anilines is 2. The van der Waals surface area contributed by atoms with Gasteiger partial charge in [-0.15, -0.1) is 0 Å².